The second-order valence-corrected chi connectivity index (χ2v) is 10.1. The van der Waals surface area contributed by atoms with E-state index in [0.717, 1.165) is 4.88 Å². The zero-order chi connectivity index (χ0) is 20.3. The zero-order valence-corrected chi connectivity index (χ0v) is 17.3. The van der Waals surface area contributed by atoms with Crippen LogP contribution in [0.3, 0.4) is 0 Å². The molecule has 1 atom stereocenters. The summed E-state index contributed by atoms with van der Waals surface area (Å²) >= 11 is 1.23. The van der Waals surface area contributed by atoms with Gasteiger partial charge in [-0.25, -0.2) is 13.2 Å². The number of methoxy groups -OCH3 is 1. The van der Waals surface area contributed by atoms with Gasteiger partial charge < -0.3 is 10.1 Å². The van der Waals surface area contributed by atoms with E-state index in [1.807, 2.05) is 6.92 Å². The molecular weight excluding hydrogens is 400 g/mol. The third-order valence-electron chi connectivity index (χ3n) is 4.62. The van der Waals surface area contributed by atoms with Crippen molar-refractivity contribution >= 4 is 38.9 Å². The number of rotatable bonds is 5. The largest absolute Gasteiger partial charge is 0.465 e. The van der Waals surface area contributed by atoms with Gasteiger partial charge in [0, 0.05) is 23.7 Å². The van der Waals surface area contributed by atoms with Crippen LogP contribution in [-0.2, 0) is 19.6 Å². The first-order valence-electron chi connectivity index (χ1n) is 8.87. The Kier molecular flexibility index (Phi) is 6.17. The van der Waals surface area contributed by atoms with Crippen molar-refractivity contribution in [2.75, 3.05) is 25.5 Å². The Hall–Kier alpha value is -2.23. The minimum Gasteiger partial charge on any atom is -0.465 e. The summed E-state index contributed by atoms with van der Waals surface area (Å²) in [5.74, 6) is -1.20. The molecule has 1 aromatic heterocycles. The van der Waals surface area contributed by atoms with Crippen molar-refractivity contribution in [3.63, 3.8) is 0 Å². The van der Waals surface area contributed by atoms with Crippen LogP contribution in [0, 0.1) is 12.8 Å². The first-order valence-corrected chi connectivity index (χ1v) is 11.1. The van der Waals surface area contributed by atoms with Gasteiger partial charge >= 0.3 is 5.97 Å². The van der Waals surface area contributed by atoms with Crippen molar-refractivity contribution in [2.45, 2.75) is 24.0 Å². The van der Waals surface area contributed by atoms with Gasteiger partial charge in [0.1, 0.15) is 4.21 Å². The molecule has 0 spiro atoms. The van der Waals surface area contributed by atoms with Crippen molar-refractivity contribution < 1.29 is 22.7 Å². The Bertz CT molecular complexity index is 984. The number of thiophene rings is 1. The Balaban J connectivity index is 1.70. The number of piperidine rings is 1. The maximum atomic E-state index is 12.8. The molecule has 7 nitrogen and oxygen atoms in total. The maximum Gasteiger partial charge on any atom is 0.337 e. The fourth-order valence-electron chi connectivity index (χ4n) is 3.14. The molecule has 1 saturated heterocycles. The van der Waals surface area contributed by atoms with E-state index in [-0.39, 0.29) is 12.5 Å². The molecule has 2 aromatic rings. The van der Waals surface area contributed by atoms with Gasteiger partial charge in [-0.3, -0.25) is 4.79 Å². The highest BCUT2D eigenvalue weighted by atomic mass is 32.2. The summed E-state index contributed by atoms with van der Waals surface area (Å²) in [5.41, 5.74) is 0.808. The van der Waals surface area contributed by atoms with Crippen LogP contribution in [0.25, 0.3) is 0 Å². The number of benzene rings is 1. The molecule has 1 amide bonds. The SMILES string of the molecule is COC(=O)c1cccc(NC(=O)C2CCCN(S(=O)(=O)c3ccc(C)s3)C2)c1. The lowest BCUT2D eigenvalue weighted by Gasteiger charge is -2.30. The van der Waals surface area contributed by atoms with Crippen LogP contribution in [0.4, 0.5) is 5.69 Å². The van der Waals surface area contributed by atoms with E-state index < -0.39 is 21.9 Å². The molecule has 3 rings (SSSR count). The van der Waals surface area contributed by atoms with E-state index in [0.29, 0.717) is 34.8 Å². The monoisotopic (exact) mass is 422 g/mol. The van der Waals surface area contributed by atoms with Gasteiger partial charge in [0.15, 0.2) is 0 Å². The standard InChI is InChI=1S/C19H22N2O5S2/c1-13-8-9-17(27-13)28(24,25)21-10-4-6-15(12-21)18(22)20-16-7-3-5-14(11-16)19(23)26-2/h3,5,7-9,11,15H,4,6,10,12H2,1-2H3,(H,20,22). The van der Waals surface area contributed by atoms with Gasteiger partial charge in [-0.2, -0.15) is 4.31 Å². The predicted octanol–water partition coefficient (Wildman–Crippen LogP) is 2.88. The number of carbonyl (C=O) groups excluding carboxylic acids is 2. The number of sulfonamides is 1. The first kappa shape index (κ1) is 20.5. The lowest BCUT2D eigenvalue weighted by atomic mass is 9.98. The van der Waals surface area contributed by atoms with Gasteiger partial charge in [0.25, 0.3) is 10.0 Å². The van der Waals surface area contributed by atoms with Crippen LogP contribution in [0.2, 0.25) is 0 Å². The smallest absolute Gasteiger partial charge is 0.337 e. The van der Waals surface area contributed by atoms with Crippen LogP contribution in [-0.4, -0.2) is 44.8 Å². The molecule has 1 fully saturated rings. The number of amides is 1. The van der Waals surface area contributed by atoms with E-state index in [9.17, 15) is 18.0 Å². The summed E-state index contributed by atoms with van der Waals surface area (Å²) in [6.07, 6.45) is 1.22. The minimum atomic E-state index is -3.59. The molecule has 1 N–H and O–H groups in total. The quantitative estimate of drug-likeness (QED) is 0.748. The topological polar surface area (TPSA) is 92.8 Å². The number of esters is 1. The number of anilines is 1. The van der Waals surface area contributed by atoms with Crippen molar-refractivity contribution in [1.82, 2.24) is 4.31 Å². The Labute approximate surface area is 168 Å². The number of nitrogens with zero attached hydrogens (tertiary/aromatic N) is 1. The predicted molar refractivity (Wildman–Crippen MR) is 107 cm³/mol. The van der Waals surface area contributed by atoms with Gasteiger partial charge in [-0.15, -0.1) is 11.3 Å². The molecule has 1 aliphatic heterocycles. The normalized spacial score (nSPS) is 17.9. The fraction of sp³-hybridized carbons (Fsp3) is 0.368. The summed E-state index contributed by atoms with van der Waals surface area (Å²) in [6, 6.07) is 9.85. The van der Waals surface area contributed by atoms with Crippen molar-refractivity contribution in [3.8, 4) is 0 Å². The molecule has 0 bridgehead atoms. The van der Waals surface area contributed by atoms with E-state index in [2.05, 4.69) is 10.1 Å². The first-order chi connectivity index (χ1) is 13.3. The van der Waals surface area contributed by atoms with Crippen LogP contribution in [0.1, 0.15) is 28.1 Å². The van der Waals surface area contributed by atoms with Crippen LogP contribution in [0.15, 0.2) is 40.6 Å². The van der Waals surface area contributed by atoms with Gasteiger partial charge in [0.2, 0.25) is 5.91 Å². The van der Waals surface area contributed by atoms with E-state index in [1.165, 1.54) is 28.8 Å². The number of aryl methyl sites for hydroxylation is 1. The van der Waals surface area contributed by atoms with Crippen LogP contribution < -0.4 is 5.32 Å². The summed E-state index contributed by atoms with van der Waals surface area (Å²) in [5, 5.41) is 2.78. The maximum absolute atomic E-state index is 12.8. The zero-order valence-electron chi connectivity index (χ0n) is 15.7. The summed E-state index contributed by atoms with van der Waals surface area (Å²) in [7, 11) is -2.30. The lowest BCUT2D eigenvalue weighted by Crippen LogP contribution is -2.43. The summed E-state index contributed by atoms with van der Waals surface area (Å²) in [6.45, 7) is 2.40. The van der Waals surface area contributed by atoms with Gasteiger partial charge in [0.05, 0.1) is 18.6 Å². The highest BCUT2D eigenvalue weighted by molar-refractivity contribution is 7.91. The lowest BCUT2D eigenvalue weighted by molar-refractivity contribution is -0.120. The second-order valence-electron chi connectivity index (χ2n) is 6.63. The average molecular weight is 423 g/mol. The van der Waals surface area contributed by atoms with Gasteiger partial charge in [-0.05, 0) is 50.1 Å². The molecule has 2 heterocycles. The number of carbonyl (C=O) groups is 2. The number of nitrogens with one attached hydrogen (secondary N) is 1. The Morgan fingerprint density at radius 1 is 1.25 bits per heavy atom. The summed E-state index contributed by atoms with van der Waals surface area (Å²) in [4.78, 5) is 25.2. The average Bonchev–Trinajstić information content (AvgIpc) is 3.15. The second kappa shape index (κ2) is 8.42. The Morgan fingerprint density at radius 2 is 2.04 bits per heavy atom. The highest BCUT2D eigenvalue weighted by Crippen LogP contribution is 2.28. The van der Waals surface area contributed by atoms with E-state index in [4.69, 9.17) is 0 Å². The third kappa shape index (κ3) is 4.43. The van der Waals surface area contributed by atoms with Gasteiger partial charge in [-0.1, -0.05) is 6.07 Å². The van der Waals surface area contributed by atoms with E-state index >= 15 is 0 Å². The minimum absolute atomic E-state index is 0.141. The number of hydrogen-bond donors (Lipinski definition) is 1. The number of ether oxygens (including phenoxy) is 1. The third-order valence-corrected chi connectivity index (χ3v) is 7.95. The molecule has 9 heteroatoms. The molecule has 0 saturated carbocycles. The fourth-order valence-corrected chi connectivity index (χ4v) is 6.10. The van der Waals surface area contributed by atoms with Crippen molar-refractivity contribution in [1.29, 1.82) is 0 Å². The van der Waals surface area contributed by atoms with E-state index in [1.54, 1.807) is 30.3 Å². The van der Waals surface area contributed by atoms with Crippen LogP contribution >= 0.6 is 11.3 Å². The molecule has 0 radical (unpaired) electrons. The number of hydrogen-bond acceptors (Lipinski definition) is 6. The molecular formula is C19H22N2O5S2. The summed E-state index contributed by atoms with van der Waals surface area (Å²) < 4.78 is 32.0. The molecule has 1 aliphatic rings. The molecule has 1 unspecified atom stereocenters. The molecule has 150 valence electrons. The van der Waals surface area contributed by atoms with Crippen LogP contribution in [0.5, 0.6) is 0 Å². The molecule has 28 heavy (non-hydrogen) atoms. The van der Waals surface area contributed by atoms with Crippen molar-refractivity contribution in [2.24, 2.45) is 5.92 Å². The molecule has 0 aliphatic carbocycles. The van der Waals surface area contributed by atoms with Crippen molar-refractivity contribution in [3.05, 3.63) is 46.8 Å². The highest BCUT2D eigenvalue weighted by Gasteiger charge is 2.34. The molecule has 1 aromatic carbocycles. The Morgan fingerprint density at radius 3 is 2.71 bits per heavy atom.